The van der Waals surface area contributed by atoms with Gasteiger partial charge in [0.25, 0.3) is 0 Å². The molecule has 0 N–H and O–H groups in total. The van der Waals surface area contributed by atoms with Crippen molar-refractivity contribution in [1.29, 1.82) is 0 Å². The Balaban J connectivity index is 2.13. The Morgan fingerprint density at radius 2 is 1.89 bits per heavy atom. The maximum atomic E-state index is 4.48. The van der Waals surface area contributed by atoms with Gasteiger partial charge in [0, 0.05) is 26.2 Å². The van der Waals surface area contributed by atoms with Crippen LogP contribution in [0.5, 0.6) is 0 Å². The second-order valence-electron chi connectivity index (χ2n) is 4.62. The maximum absolute atomic E-state index is 4.48. The molecule has 0 amide bonds. The van der Waals surface area contributed by atoms with Gasteiger partial charge in [-0.2, -0.15) is 5.10 Å². The minimum atomic E-state index is 0.925. The molecule has 0 spiro atoms. The number of benzene rings is 1. The molecule has 0 saturated heterocycles. The third-order valence-corrected chi connectivity index (χ3v) is 2.92. The Morgan fingerprint density at radius 3 is 2.50 bits per heavy atom. The topological polar surface area (TPSA) is 34.0 Å². The fourth-order valence-electron chi connectivity index (χ4n) is 1.77. The molecule has 2 aromatic rings. The first-order valence-electron chi connectivity index (χ1n) is 6.39. The summed E-state index contributed by atoms with van der Waals surface area (Å²) in [6.07, 6.45) is 5.06. The quantitative estimate of drug-likeness (QED) is 0.811. The smallest absolute Gasteiger partial charge is 0.151 e. The average Bonchev–Trinajstić information content (AvgIpc) is 2.85. The average molecular weight is 244 g/mol. The lowest BCUT2D eigenvalue weighted by atomic mass is 10.2. The number of hydrogen-bond donors (Lipinski definition) is 0. The molecule has 96 valence electrons. The SMILES string of the molecule is CCCCc1ncn(-c2ccc(N(C)C)cc2)n1. The first-order chi connectivity index (χ1) is 8.70. The number of unbranched alkanes of at least 4 members (excludes halogenated alkanes) is 1. The standard InChI is InChI=1S/C14H20N4/c1-4-5-6-14-15-11-18(16-14)13-9-7-12(8-10-13)17(2)3/h7-11H,4-6H2,1-3H3. The van der Waals surface area contributed by atoms with Gasteiger partial charge in [0.15, 0.2) is 5.82 Å². The van der Waals surface area contributed by atoms with Crippen molar-refractivity contribution >= 4 is 5.69 Å². The summed E-state index contributed by atoms with van der Waals surface area (Å²) in [7, 11) is 4.07. The van der Waals surface area contributed by atoms with E-state index in [2.05, 4.69) is 46.2 Å². The molecule has 0 bridgehead atoms. The summed E-state index contributed by atoms with van der Waals surface area (Å²) in [6.45, 7) is 2.18. The summed E-state index contributed by atoms with van der Waals surface area (Å²) in [5.41, 5.74) is 2.24. The van der Waals surface area contributed by atoms with Crippen molar-refractivity contribution in [2.75, 3.05) is 19.0 Å². The number of aryl methyl sites for hydroxylation is 1. The van der Waals surface area contributed by atoms with Gasteiger partial charge in [-0.25, -0.2) is 9.67 Å². The molecule has 4 nitrogen and oxygen atoms in total. The van der Waals surface area contributed by atoms with Gasteiger partial charge < -0.3 is 4.90 Å². The highest BCUT2D eigenvalue weighted by atomic mass is 15.3. The number of nitrogens with zero attached hydrogens (tertiary/aromatic N) is 4. The molecular weight excluding hydrogens is 224 g/mol. The summed E-state index contributed by atoms with van der Waals surface area (Å²) in [5.74, 6) is 0.925. The molecule has 0 atom stereocenters. The Morgan fingerprint density at radius 1 is 1.17 bits per heavy atom. The van der Waals surface area contributed by atoms with E-state index >= 15 is 0 Å². The van der Waals surface area contributed by atoms with E-state index in [0.29, 0.717) is 0 Å². The Bertz CT molecular complexity index is 485. The van der Waals surface area contributed by atoms with E-state index in [4.69, 9.17) is 0 Å². The summed E-state index contributed by atoms with van der Waals surface area (Å²) < 4.78 is 1.84. The zero-order valence-electron chi connectivity index (χ0n) is 11.3. The molecule has 18 heavy (non-hydrogen) atoms. The molecule has 0 aliphatic rings. The maximum Gasteiger partial charge on any atom is 0.151 e. The minimum Gasteiger partial charge on any atom is -0.378 e. The van der Waals surface area contributed by atoms with E-state index in [1.54, 1.807) is 6.33 Å². The van der Waals surface area contributed by atoms with Crippen molar-refractivity contribution < 1.29 is 0 Å². The lowest BCUT2D eigenvalue weighted by molar-refractivity contribution is 0.741. The van der Waals surface area contributed by atoms with Crippen molar-refractivity contribution in [2.45, 2.75) is 26.2 Å². The van der Waals surface area contributed by atoms with Gasteiger partial charge in [0.05, 0.1) is 5.69 Å². The van der Waals surface area contributed by atoms with Crippen LogP contribution in [0.15, 0.2) is 30.6 Å². The third-order valence-electron chi connectivity index (χ3n) is 2.92. The lowest BCUT2D eigenvalue weighted by Crippen LogP contribution is -2.08. The van der Waals surface area contributed by atoms with Crippen LogP contribution in [0.25, 0.3) is 5.69 Å². The van der Waals surface area contributed by atoms with Gasteiger partial charge in [0.2, 0.25) is 0 Å². The van der Waals surface area contributed by atoms with Crippen molar-refractivity contribution in [3.8, 4) is 5.69 Å². The van der Waals surface area contributed by atoms with Crippen LogP contribution in [0, 0.1) is 0 Å². The number of aromatic nitrogens is 3. The summed E-state index contributed by atoms with van der Waals surface area (Å²) in [4.78, 5) is 6.41. The van der Waals surface area contributed by atoms with Crippen LogP contribution in [-0.2, 0) is 6.42 Å². The van der Waals surface area contributed by atoms with Gasteiger partial charge >= 0.3 is 0 Å². The van der Waals surface area contributed by atoms with Crippen molar-refractivity contribution in [3.63, 3.8) is 0 Å². The van der Waals surface area contributed by atoms with Gasteiger partial charge in [0.1, 0.15) is 6.33 Å². The summed E-state index contributed by atoms with van der Waals surface area (Å²) in [5, 5.41) is 4.48. The van der Waals surface area contributed by atoms with E-state index in [-0.39, 0.29) is 0 Å². The molecule has 1 aromatic heterocycles. The first-order valence-corrected chi connectivity index (χ1v) is 6.39. The second-order valence-corrected chi connectivity index (χ2v) is 4.62. The zero-order chi connectivity index (χ0) is 13.0. The van der Waals surface area contributed by atoms with Crippen molar-refractivity contribution in [3.05, 3.63) is 36.4 Å². The van der Waals surface area contributed by atoms with E-state index < -0.39 is 0 Å². The van der Waals surface area contributed by atoms with Gasteiger partial charge in [-0.1, -0.05) is 13.3 Å². The van der Waals surface area contributed by atoms with Gasteiger partial charge in [-0.05, 0) is 30.7 Å². The normalized spacial score (nSPS) is 10.6. The molecule has 0 fully saturated rings. The Hall–Kier alpha value is -1.84. The number of anilines is 1. The number of rotatable bonds is 5. The summed E-state index contributed by atoms with van der Waals surface area (Å²) in [6, 6.07) is 8.30. The predicted molar refractivity (Wildman–Crippen MR) is 74.3 cm³/mol. The molecule has 0 radical (unpaired) electrons. The number of hydrogen-bond acceptors (Lipinski definition) is 3. The van der Waals surface area contributed by atoms with E-state index in [0.717, 1.165) is 24.4 Å². The fraction of sp³-hybridized carbons (Fsp3) is 0.429. The molecule has 1 aromatic carbocycles. The molecule has 0 aliphatic heterocycles. The first kappa shape index (κ1) is 12.6. The van der Waals surface area contributed by atoms with Gasteiger partial charge in [-0.3, -0.25) is 0 Å². The van der Waals surface area contributed by atoms with Gasteiger partial charge in [-0.15, -0.1) is 0 Å². The van der Waals surface area contributed by atoms with E-state index in [9.17, 15) is 0 Å². The monoisotopic (exact) mass is 244 g/mol. The van der Waals surface area contributed by atoms with E-state index in [1.165, 1.54) is 12.1 Å². The minimum absolute atomic E-state index is 0.925. The molecule has 0 saturated carbocycles. The highest BCUT2D eigenvalue weighted by molar-refractivity contribution is 5.49. The molecule has 1 heterocycles. The highest BCUT2D eigenvalue weighted by Gasteiger charge is 2.03. The molecule has 2 rings (SSSR count). The largest absolute Gasteiger partial charge is 0.378 e. The predicted octanol–water partition coefficient (Wildman–Crippen LogP) is 2.68. The van der Waals surface area contributed by atoms with Crippen LogP contribution in [0.1, 0.15) is 25.6 Å². The molecule has 0 aliphatic carbocycles. The second kappa shape index (κ2) is 5.67. The zero-order valence-corrected chi connectivity index (χ0v) is 11.3. The Labute approximate surface area is 108 Å². The van der Waals surface area contributed by atoms with Crippen LogP contribution < -0.4 is 4.90 Å². The Kier molecular flexibility index (Phi) is 3.97. The van der Waals surface area contributed by atoms with Crippen LogP contribution in [-0.4, -0.2) is 28.9 Å². The molecular formula is C14H20N4. The van der Waals surface area contributed by atoms with Crippen LogP contribution >= 0.6 is 0 Å². The van der Waals surface area contributed by atoms with Crippen molar-refractivity contribution in [2.24, 2.45) is 0 Å². The molecule has 4 heteroatoms. The highest BCUT2D eigenvalue weighted by Crippen LogP contribution is 2.14. The summed E-state index contributed by atoms with van der Waals surface area (Å²) >= 11 is 0. The fourth-order valence-corrected chi connectivity index (χ4v) is 1.77. The van der Waals surface area contributed by atoms with Crippen LogP contribution in [0.4, 0.5) is 5.69 Å². The van der Waals surface area contributed by atoms with Crippen LogP contribution in [0.2, 0.25) is 0 Å². The lowest BCUT2D eigenvalue weighted by Gasteiger charge is -2.12. The third kappa shape index (κ3) is 2.88. The van der Waals surface area contributed by atoms with Crippen molar-refractivity contribution in [1.82, 2.24) is 14.8 Å². The van der Waals surface area contributed by atoms with E-state index in [1.807, 2.05) is 18.8 Å². The molecule has 0 unspecified atom stereocenters. The van der Waals surface area contributed by atoms with Crippen LogP contribution in [0.3, 0.4) is 0 Å².